The van der Waals surface area contributed by atoms with E-state index in [1.165, 1.54) is 24.3 Å². The molecule has 0 saturated heterocycles. The zero-order valence-corrected chi connectivity index (χ0v) is 15.8. The summed E-state index contributed by atoms with van der Waals surface area (Å²) in [6.07, 6.45) is -3.89. The Hall–Kier alpha value is -2.39. The van der Waals surface area contributed by atoms with E-state index in [9.17, 15) is 18.0 Å². The number of carbonyl (C=O) groups is 1. The Balaban J connectivity index is 1.97. The molecule has 0 spiro atoms. The number of aromatic nitrogens is 3. The second kappa shape index (κ2) is 7.32. The minimum Gasteiger partial charge on any atom is -0.298 e. The highest BCUT2D eigenvalue weighted by Crippen LogP contribution is 2.34. The van der Waals surface area contributed by atoms with Gasteiger partial charge in [0.25, 0.3) is 5.91 Å². The fourth-order valence-electron chi connectivity index (χ4n) is 2.34. The molecule has 5 nitrogen and oxygen atoms in total. The molecule has 0 unspecified atom stereocenters. The Morgan fingerprint density at radius 2 is 1.93 bits per heavy atom. The summed E-state index contributed by atoms with van der Waals surface area (Å²) in [5, 5.41) is 8.53. The first kappa shape index (κ1) is 19.4. The topological polar surface area (TPSA) is 59.8 Å². The lowest BCUT2D eigenvalue weighted by molar-refractivity contribution is -0.143. The molecule has 1 N–H and O–H groups in total. The molecule has 0 atom stereocenters. The van der Waals surface area contributed by atoms with Gasteiger partial charge in [0.2, 0.25) is 0 Å². The van der Waals surface area contributed by atoms with E-state index in [1.807, 2.05) is 13.8 Å². The van der Waals surface area contributed by atoms with Gasteiger partial charge in [0, 0.05) is 10.4 Å². The first-order chi connectivity index (χ1) is 12.7. The number of rotatable bonds is 4. The van der Waals surface area contributed by atoms with Gasteiger partial charge in [-0.05, 0) is 30.2 Å². The lowest BCUT2D eigenvalue weighted by Gasteiger charge is -2.12. The molecule has 0 aliphatic heterocycles. The Morgan fingerprint density at radius 1 is 1.26 bits per heavy atom. The maximum Gasteiger partial charge on any atom is 0.434 e. The first-order valence-electron chi connectivity index (χ1n) is 7.84. The first-order valence-corrected chi connectivity index (χ1v) is 9.10. The van der Waals surface area contributed by atoms with Gasteiger partial charge in [-0.1, -0.05) is 25.4 Å². The van der Waals surface area contributed by atoms with Crippen molar-refractivity contribution in [1.29, 1.82) is 0 Å². The van der Waals surface area contributed by atoms with E-state index < -0.39 is 23.3 Å². The number of alkyl halides is 3. The monoisotopic (exact) mass is 414 g/mol. The molecule has 142 valence electrons. The number of hydrogen-bond acceptors (Lipinski definition) is 4. The number of carbonyl (C=O) groups excluding carboxylic acids is 1. The van der Waals surface area contributed by atoms with Gasteiger partial charge in [0.15, 0.2) is 10.8 Å². The molecule has 0 fully saturated rings. The number of benzene rings is 1. The van der Waals surface area contributed by atoms with E-state index in [2.05, 4.69) is 15.4 Å². The molecule has 1 aromatic carbocycles. The molecule has 0 aliphatic carbocycles. The molecule has 2 aromatic heterocycles. The van der Waals surface area contributed by atoms with E-state index in [-0.39, 0.29) is 16.7 Å². The second-order valence-electron chi connectivity index (χ2n) is 5.98. The van der Waals surface area contributed by atoms with Crippen molar-refractivity contribution in [1.82, 2.24) is 14.8 Å². The maximum absolute atomic E-state index is 13.6. The van der Waals surface area contributed by atoms with Gasteiger partial charge >= 0.3 is 6.18 Å². The number of halogens is 4. The van der Waals surface area contributed by atoms with E-state index in [4.69, 9.17) is 11.6 Å². The van der Waals surface area contributed by atoms with Crippen LogP contribution in [0.5, 0.6) is 0 Å². The van der Waals surface area contributed by atoms with Crippen molar-refractivity contribution in [3.63, 3.8) is 0 Å². The van der Waals surface area contributed by atoms with Gasteiger partial charge in [-0.25, -0.2) is 9.67 Å². The van der Waals surface area contributed by atoms with Crippen LogP contribution in [0.1, 0.15) is 41.5 Å². The molecule has 3 rings (SSSR count). The number of amides is 1. The third-order valence-corrected chi connectivity index (χ3v) is 4.72. The quantitative estimate of drug-likeness (QED) is 0.623. The summed E-state index contributed by atoms with van der Waals surface area (Å²) in [6.45, 7) is 3.86. The summed E-state index contributed by atoms with van der Waals surface area (Å²) in [5.74, 6) is -0.780. The minimum atomic E-state index is -4.78. The summed E-state index contributed by atoms with van der Waals surface area (Å²) in [4.78, 5) is 16.6. The molecular weight excluding hydrogens is 401 g/mol. The van der Waals surface area contributed by atoms with Crippen molar-refractivity contribution < 1.29 is 18.0 Å². The van der Waals surface area contributed by atoms with Crippen molar-refractivity contribution in [2.24, 2.45) is 0 Å². The van der Waals surface area contributed by atoms with Crippen molar-refractivity contribution in [3.8, 4) is 5.69 Å². The van der Waals surface area contributed by atoms with Crippen LogP contribution in [-0.2, 0) is 6.18 Å². The molecular formula is C17H14ClF3N4OS. The lowest BCUT2D eigenvalue weighted by atomic mass is 10.2. The van der Waals surface area contributed by atoms with Crippen molar-refractivity contribution in [3.05, 3.63) is 57.8 Å². The van der Waals surface area contributed by atoms with Crippen molar-refractivity contribution in [2.75, 3.05) is 5.32 Å². The number of thiazole rings is 1. The number of nitrogens with zero attached hydrogens (tertiary/aromatic N) is 3. The summed E-state index contributed by atoms with van der Waals surface area (Å²) in [6, 6.07) is 5.67. The molecule has 0 saturated carbocycles. The van der Waals surface area contributed by atoms with Crippen molar-refractivity contribution >= 4 is 34.0 Å². The molecule has 0 bridgehead atoms. The smallest absolute Gasteiger partial charge is 0.298 e. The molecule has 0 aliphatic rings. The van der Waals surface area contributed by atoms with E-state index >= 15 is 0 Å². The molecule has 10 heteroatoms. The average molecular weight is 415 g/mol. The highest BCUT2D eigenvalue weighted by Gasteiger charge is 2.40. The van der Waals surface area contributed by atoms with Gasteiger partial charge in [-0.3, -0.25) is 10.1 Å². The summed E-state index contributed by atoms with van der Waals surface area (Å²) >= 11 is 6.93. The standard InChI is InChI=1S/C17H14ClF3N4OS/c1-9(2)13-8-27-16(23-13)24-15(26)12-7-22-25(14(12)17(19,20)21)11-5-3-10(18)4-6-11/h3-9H,1-2H3,(H,23,24,26). The van der Waals surface area contributed by atoms with Crippen LogP contribution >= 0.6 is 22.9 Å². The third kappa shape index (κ3) is 4.14. The summed E-state index contributed by atoms with van der Waals surface area (Å²) in [7, 11) is 0. The van der Waals surface area contributed by atoms with Gasteiger partial charge in [-0.2, -0.15) is 18.3 Å². The predicted molar refractivity (Wildman–Crippen MR) is 97.7 cm³/mol. The SMILES string of the molecule is CC(C)c1csc(NC(=O)c2cnn(-c3ccc(Cl)cc3)c2C(F)(F)F)n1. The fraction of sp³-hybridized carbons (Fsp3) is 0.235. The fourth-order valence-corrected chi connectivity index (χ4v) is 3.33. The number of nitrogens with one attached hydrogen (secondary N) is 1. The highest BCUT2D eigenvalue weighted by molar-refractivity contribution is 7.14. The van der Waals surface area contributed by atoms with Crippen LogP contribution < -0.4 is 5.32 Å². The van der Waals surface area contributed by atoms with Crippen LogP contribution in [0.3, 0.4) is 0 Å². The molecule has 1 amide bonds. The molecule has 0 radical (unpaired) electrons. The summed E-state index contributed by atoms with van der Waals surface area (Å²) in [5.41, 5.74) is -0.855. The summed E-state index contributed by atoms with van der Waals surface area (Å²) < 4.78 is 41.6. The Morgan fingerprint density at radius 3 is 2.48 bits per heavy atom. The van der Waals surface area contributed by atoms with Crippen LogP contribution in [0.2, 0.25) is 5.02 Å². The third-order valence-electron chi connectivity index (χ3n) is 3.69. The molecule has 3 aromatic rings. The highest BCUT2D eigenvalue weighted by atomic mass is 35.5. The Kier molecular flexibility index (Phi) is 5.25. The molecule has 27 heavy (non-hydrogen) atoms. The van der Waals surface area contributed by atoms with Crippen molar-refractivity contribution in [2.45, 2.75) is 25.9 Å². The Labute approximate surface area is 161 Å². The van der Waals surface area contributed by atoms with Crippen LogP contribution in [0.4, 0.5) is 18.3 Å². The minimum absolute atomic E-state index is 0.141. The van der Waals surface area contributed by atoms with E-state index in [1.54, 1.807) is 5.38 Å². The van der Waals surface area contributed by atoms with Crippen LogP contribution in [0, 0.1) is 0 Å². The maximum atomic E-state index is 13.6. The number of hydrogen-bond donors (Lipinski definition) is 1. The normalized spacial score (nSPS) is 11.8. The van der Waals surface area contributed by atoms with Crippen LogP contribution in [-0.4, -0.2) is 20.7 Å². The van der Waals surface area contributed by atoms with Gasteiger partial charge in [0.05, 0.1) is 23.1 Å². The largest absolute Gasteiger partial charge is 0.434 e. The van der Waals surface area contributed by atoms with Gasteiger partial charge < -0.3 is 0 Å². The van der Waals surface area contributed by atoms with Gasteiger partial charge in [0.1, 0.15) is 0 Å². The van der Waals surface area contributed by atoms with Crippen LogP contribution in [0.15, 0.2) is 35.8 Å². The zero-order chi connectivity index (χ0) is 19.8. The van der Waals surface area contributed by atoms with Gasteiger partial charge in [-0.15, -0.1) is 11.3 Å². The second-order valence-corrected chi connectivity index (χ2v) is 7.27. The van der Waals surface area contributed by atoms with E-state index in [0.29, 0.717) is 9.70 Å². The zero-order valence-electron chi connectivity index (χ0n) is 14.2. The predicted octanol–water partition coefficient (Wildman–Crippen LogP) is 5.38. The van der Waals surface area contributed by atoms with E-state index in [0.717, 1.165) is 23.2 Å². The Bertz CT molecular complexity index is 963. The average Bonchev–Trinajstić information content (AvgIpc) is 3.22. The number of anilines is 1. The molecule has 2 heterocycles. The lowest BCUT2D eigenvalue weighted by Crippen LogP contribution is -2.20. The van der Waals surface area contributed by atoms with Crippen LogP contribution in [0.25, 0.3) is 5.69 Å².